The van der Waals surface area contributed by atoms with Gasteiger partial charge in [-0.2, -0.15) is 4.31 Å². The maximum atomic E-state index is 12.5. The van der Waals surface area contributed by atoms with E-state index in [1.54, 1.807) is 22.5 Å². The van der Waals surface area contributed by atoms with Crippen LogP contribution in [0.25, 0.3) is 0 Å². The fourth-order valence-corrected chi connectivity index (χ4v) is 4.16. The van der Waals surface area contributed by atoms with Gasteiger partial charge in [-0.3, -0.25) is 0 Å². The van der Waals surface area contributed by atoms with Gasteiger partial charge in [-0.1, -0.05) is 19.8 Å². The predicted molar refractivity (Wildman–Crippen MR) is 84.2 cm³/mol. The summed E-state index contributed by atoms with van der Waals surface area (Å²) in [5.41, 5.74) is 0.881. The smallest absolute Gasteiger partial charge is 0.243 e. The van der Waals surface area contributed by atoms with Crippen LogP contribution in [0.3, 0.4) is 0 Å². The van der Waals surface area contributed by atoms with Gasteiger partial charge in [0, 0.05) is 13.1 Å². The third-order valence-electron chi connectivity index (χ3n) is 3.85. The number of hydrogen-bond acceptors (Lipinski definition) is 3. The van der Waals surface area contributed by atoms with E-state index in [1.165, 1.54) is 0 Å². The number of sulfonamides is 1. The summed E-state index contributed by atoms with van der Waals surface area (Å²) in [4.78, 5) is 0.378. The monoisotopic (exact) mass is 311 g/mol. The molecule has 4 nitrogen and oxygen atoms in total. The lowest BCUT2D eigenvalue weighted by Crippen LogP contribution is -2.27. The lowest BCUT2D eigenvalue weighted by molar-refractivity contribution is 0.304. The summed E-state index contributed by atoms with van der Waals surface area (Å²) in [6.45, 7) is 6.02. The van der Waals surface area contributed by atoms with E-state index < -0.39 is 10.0 Å². The van der Waals surface area contributed by atoms with Gasteiger partial charge in [-0.15, -0.1) is 0 Å². The minimum Gasteiger partial charge on any atom is -0.493 e. The van der Waals surface area contributed by atoms with Gasteiger partial charge in [0.1, 0.15) is 5.75 Å². The summed E-state index contributed by atoms with van der Waals surface area (Å²) in [7, 11) is -3.33. The first-order valence-electron chi connectivity index (χ1n) is 7.79. The van der Waals surface area contributed by atoms with E-state index in [0.29, 0.717) is 24.6 Å². The minimum atomic E-state index is -3.33. The second kappa shape index (κ2) is 7.27. The molecule has 1 aromatic rings. The molecule has 0 radical (unpaired) electrons. The Morgan fingerprint density at radius 2 is 1.90 bits per heavy atom. The average molecular weight is 311 g/mol. The van der Waals surface area contributed by atoms with Crippen LogP contribution in [0, 0.1) is 6.92 Å². The van der Waals surface area contributed by atoms with Crippen molar-refractivity contribution in [3.05, 3.63) is 23.8 Å². The van der Waals surface area contributed by atoms with E-state index in [-0.39, 0.29) is 0 Å². The number of aryl methyl sites for hydroxylation is 1. The molecule has 0 aliphatic carbocycles. The molecule has 0 spiro atoms. The van der Waals surface area contributed by atoms with Gasteiger partial charge in [0.25, 0.3) is 0 Å². The molecule has 5 heteroatoms. The van der Waals surface area contributed by atoms with Crippen LogP contribution in [0.4, 0.5) is 0 Å². The zero-order chi connectivity index (χ0) is 15.3. The zero-order valence-corrected chi connectivity index (χ0v) is 13.8. The standard InChI is InChI=1S/C16H25NO3S/c1-3-4-7-12-20-16-9-8-15(13-14(16)2)21(18,19)17-10-5-6-11-17/h8-9,13H,3-7,10-12H2,1-2H3. The van der Waals surface area contributed by atoms with E-state index >= 15 is 0 Å². The molecule has 0 atom stereocenters. The van der Waals surface area contributed by atoms with E-state index in [9.17, 15) is 8.42 Å². The van der Waals surface area contributed by atoms with E-state index in [2.05, 4.69) is 6.92 Å². The Labute approximate surface area is 128 Å². The Kier molecular flexibility index (Phi) is 5.65. The Morgan fingerprint density at radius 1 is 1.19 bits per heavy atom. The second-order valence-corrected chi connectivity index (χ2v) is 7.53. The largest absolute Gasteiger partial charge is 0.493 e. The van der Waals surface area contributed by atoms with Crippen molar-refractivity contribution in [1.29, 1.82) is 0 Å². The highest BCUT2D eigenvalue weighted by Gasteiger charge is 2.27. The summed E-state index contributed by atoms with van der Waals surface area (Å²) in [6.07, 6.45) is 5.26. The van der Waals surface area contributed by atoms with Crippen LogP contribution in [0.2, 0.25) is 0 Å². The normalized spacial score (nSPS) is 16.3. The summed E-state index contributed by atoms with van der Waals surface area (Å²) >= 11 is 0. The average Bonchev–Trinajstić information content (AvgIpc) is 2.99. The van der Waals surface area contributed by atoms with E-state index in [0.717, 1.165) is 43.4 Å². The first-order chi connectivity index (χ1) is 10.1. The van der Waals surface area contributed by atoms with Gasteiger partial charge < -0.3 is 4.74 Å². The van der Waals surface area contributed by atoms with Gasteiger partial charge in [-0.25, -0.2) is 8.42 Å². The fraction of sp³-hybridized carbons (Fsp3) is 0.625. The molecule has 1 heterocycles. The topological polar surface area (TPSA) is 46.6 Å². The van der Waals surface area contributed by atoms with Gasteiger partial charge in [0.15, 0.2) is 0 Å². The number of unbranched alkanes of at least 4 members (excludes halogenated alkanes) is 2. The third kappa shape index (κ3) is 3.98. The molecule has 1 aliphatic heterocycles. The first-order valence-corrected chi connectivity index (χ1v) is 9.23. The van der Waals surface area contributed by atoms with Crippen LogP contribution in [0.5, 0.6) is 5.75 Å². The molecule has 1 aromatic carbocycles. The maximum Gasteiger partial charge on any atom is 0.243 e. The van der Waals surface area contributed by atoms with E-state index in [1.807, 2.05) is 6.92 Å². The lowest BCUT2D eigenvalue weighted by atomic mass is 10.2. The van der Waals surface area contributed by atoms with Gasteiger partial charge in [0.05, 0.1) is 11.5 Å². The highest BCUT2D eigenvalue weighted by Crippen LogP contribution is 2.26. The van der Waals surface area contributed by atoms with Crippen LogP contribution >= 0.6 is 0 Å². The number of rotatable bonds is 7. The molecule has 0 saturated carbocycles. The second-order valence-electron chi connectivity index (χ2n) is 5.59. The summed E-state index contributed by atoms with van der Waals surface area (Å²) in [5, 5.41) is 0. The van der Waals surface area contributed by atoms with Crippen LogP contribution in [-0.2, 0) is 10.0 Å². The number of ether oxygens (including phenoxy) is 1. The summed E-state index contributed by atoms with van der Waals surface area (Å²) in [5.74, 6) is 0.784. The van der Waals surface area contributed by atoms with Crippen LogP contribution < -0.4 is 4.74 Å². The highest BCUT2D eigenvalue weighted by molar-refractivity contribution is 7.89. The summed E-state index contributed by atoms with van der Waals surface area (Å²) in [6, 6.07) is 5.17. The van der Waals surface area contributed by atoms with Crippen molar-refractivity contribution in [2.75, 3.05) is 19.7 Å². The lowest BCUT2D eigenvalue weighted by Gasteiger charge is -2.17. The quantitative estimate of drug-likeness (QED) is 0.726. The summed E-state index contributed by atoms with van der Waals surface area (Å²) < 4.78 is 32.3. The molecule has 0 aromatic heterocycles. The number of nitrogens with zero attached hydrogens (tertiary/aromatic N) is 1. The van der Waals surface area contributed by atoms with Crippen molar-refractivity contribution in [1.82, 2.24) is 4.31 Å². The molecule has 118 valence electrons. The van der Waals surface area contributed by atoms with Gasteiger partial charge in [0.2, 0.25) is 10.0 Å². The molecule has 0 unspecified atom stereocenters. The highest BCUT2D eigenvalue weighted by atomic mass is 32.2. The first kappa shape index (κ1) is 16.3. The molecule has 0 bridgehead atoms. The minimum absolute atomic E-state index is 0.378. The molecule has 0 N–H and O–H groups in total. The Bertz CT molecular complexity index is 563. The Hall–Kier alpha value is -1.07. The third-order valence-corrected chi connectivity index (χ3v) is 5.75. The predicted octanol–water partition coefficient (Wildman–Crippen LogP) is 3.35. The molecule has 1 aliphatic rings. The maximum absolute atomic E-state index is 12.5. The van der Waals surface area contributed by atoms with Gasteiger partial charge >= 0.3 is 0 Å². The number of benzene rings is 1. The fourth-order valence-electron chi connectivity index (χ4n) is 2.56. The van der Waals surface area contributed by atoms with Crippen molar-refractivity contribution >= 4 is 10.0 Å². The molecule has 21 heavy (non-hydrogen) atoms. The molecule has 1 fully saturated rings. The number of hydrogen-bond donors (Lipinski definition) is 0. The van der Waals surface area contributed by atoms with E-state index in [4.69, 9.17) is 4.74 Å². The van der Waals surface area contributed by atoms with Crippen molar-refractivity contribution in [3.8, 4) is 5.75 Å². The molecule has 0 amide bonds. The Morgan fingerprint density at radius 3 is 2.52 bits per heavy atom. The van der Waals surface area contributed by atoms with Crippen molar-refractivity contribution in [2.24, 2.45) is 0 Å². The van der Waals surface area contributed by atoms with Crippen molar-refractivity contribution in [2.45, 2.75) is 50.8 Å². The molecular formula is C16H25NO3S. The molecular weight excluding hydrogens is 286 g/mol. The van der Waals surface area contributed by atoms with Crippen LogP contribution in [-0.4, -0.2) is 32.4 Å². The SMILES string of the molecule is CCCCCOc1ccc(S(=O)(=O)N2CCCC2)cc1C. The zero-order valence-electron chi connectivity index (χ0n) is 13.0. The van der Waals surface area contributed by atoms with Crippen molar-refractivity contribution < 1.29 is 13.2 Å². The van der Waals surface area contributed by atoms with Crippen molar-refractivity contribution in [3.63, 3.8) is 0 Å². The van der Waals surface area contributed by atoms with Gasteiger partial charge in [-0.05, 0) is 49.9 Å². The molecule has 2 rings (SSSR count). The molecule has 1 saturated heterocycles. The Balaban J connectivity index is 2.07. The van der Waals surface area contributed by atoms with Crippen LogP contribution in [0.1, 0.15) is 44.6 Å². The van der Waals surface area contributed by atoms with Crippen LogP contribution in [0.15, 0.2) is 23.1 Å².